The van der Waals surface area contributed by atoms with Gasteiger partial charge in [-0.1, -0.05) is 149 Å². The van der Waals surface area contributed by atoms with Crippen molar-refractivity contribution < 1.29 is 0 Å². The Bertz CT molecular complexity index is 2290. The van der Waals surface area contributed by atoms with Gasteiger partial charge in [0.25, 0.3) is 0 Å². The lowest BCUT2D eigenvalue weighted by atomic mass is 9.78. The third-order valence-electron chi connectivity index (χ3n) is 11.6. The Kier molecular flexibility index (Phi) is 7.37. The van der Waals surface area contributed by atoms with E-state index < -0.39 is 0 Å². The van der Waals surface area contributed by atoms with Crippen LogP contribution in [-0.2, 0) is 17.3 Å². The van der Waals surface area contributed by atoms with E-state index in [1.54, 1.807) is 0 Å². The number of benzene rings is 7. The Balaban J connectivity index is 1.10. The first-order valence-electron chi connectivity index (χ1n) is 18.3. The van der Waals surface area contributed by atoms with Crippen molar-refractivity contribution in [3.05, 3.63) is 209 Å². The fourth-order valence-electron chi connectivity index (χ4n) is 8.90. The van der Waals surface area contributed by atoms with E-state index in [0.717, 1.165) is 17.8 Å². The van der Waals surface area contributed by atoms with Crippen molar-refractivity contribution in [3.63, 3.8) is 0 Å². The molecule has 0 bridgehead atoms. The monoisotopic (exact) mass is 657 g/mol. The van der Waals surface area contributed by atoms with Crippen LogP contribution in [0, 0.1) is 0 Å². The van der Waals surface area contributed by atoms with Crippen molar-refractivity contribution in [2.75, 3.05) is 4.90 Å². The Morgan fingerprint density at radius 1 is 0.392 bits per heavy atom. The zero-order valence-electron chi connectivity index (χ0n) is 29.9. The molecule has 0 atom stereocenters. The van der Waals surface area contributed by atoms with Gasteiger partial charge in [-0.05, 0) is 116 Å². The van der Waals surface area contributed by atoms with Gasteiger partial charge in [-0.3, -0.25) is 0 Å². The third kappa shape index (κ3) is 5.14. The lowest BCUT2D eigenvalue weighted by Gasteiger charge is -2.28. The molecule has 1 heteroatoms. The Labute approximate surface area is 302 Å². The highest BCUT2D eigenvalue weighted by atomic mass is 15.1. The first-order valence-corrected chi connectivity index (χ1v) is 18.3. The normalized spacial score (nSPS) is 14.5. The lowest BCUT2D eigenvalue weighted by molar-refractivity contribution is 0.651. The van der Waals surface area contributed by atoms with Gasteiger partial charge in [0.15, 0.2) is 0 Å². The van der Waals surface area contributed by atoms with Gasteiger partial charge in [-0.25, -0.2) is 0 Å². The Morgan fingerprint density at radius 3 is 1.29 bits per heavy atom. The van der Waals surface area contributed by atoms with Crippen LogP contribution in [0.4, 0.5) is 17.1 Å². The quantitative estimate of drug-likeness (QED) is 0.165. The summed E-state index contributed by atoms with van der Waals surface area (Å²) in [6.07, 6.45) is 0.968. The maximum absolute atomic E-state index is 2.53. The molecule has 1 nitrogen and oxygen atoms in total. The highest BCUT2D eigenvalue weighted by Crippen LogP contribution is 2.57. The molecule has 0 unspecified atom stereocenters. The summed E-state index contributed by atoms with van der Waals surface area (Å²) in [7, 11) is 0. The van der Waals surface area contributed by atoms with Crippen LogP contribution in [0.5, 0.6) is 0 Å². The molecule has 248 valence electrons. The number of nitrogens with zero attached hydrogens (tertiary/aromatic N) is 1. The van der Waals surface area contributed by atoms with Gasteiger partial charge in [-0.15, -0.1) is 0 Å². The number of fused-ring (bicyclic) bond motifs is 6. The number of rotatable bonds is 7. The molecule has 0 amide bonds. The molecule has 0 saturated heterocycles. The van der Waals surface area contributed by atoms with E-state index in [-0.39, 0.29) is 10.8 Å². The van der Waals surface area contributed by atoms with E-state index in [4.69, 9.17) is 0 Å². The highest BCUT2D eigenvalue weighted by molar-refractivity contribution is 5.91. The van der Waals surface area contributed by atoms with E-state index in [1.165, 1.54) is 66.9 Å². The molecule has 2 aliphatic rings. The van der Waals surface area contributed by atoms with Gasteiger partial charge in [0, 0.05) is 33.8 Å². The van der Waals surface area contributed by atoms with Crippen LogP contribution in [0.3, 0.4) is 0 Å². The predicted molar refractivity (Wildman–Crippen MR) is 215 cm³/mol. The third-order valence-corrected chi connectivity index (χ3v) is 11.6. The first kappa shape index (κ1) is 31.3. The molecule has 51 heavy (non-hydrogen) atoms. The van der Waals surface area contributed by atoms with E-state index in [2.05, 4.69) is 202 Å². The van der Waals surface area contributed by atoms with E-state index in [0.29, 0.717) is 5.92 Å². The van der Waals surface area contributed by atoms with Gasteiger partial charge in [0.2, 0.25) is 0 Å². The molecule has 0 N–H and O–H groups in total. The summed E-state index contributed by atoms with van der Waals surface area (Å²) in [6, 6.07) is 62.8. The summed E-state index contributed by atoms with van der Waals surface area (Å²) in [5, 5.41) is 0. The molecule has 0 aromatic heterocycles. The zero-order chi connectivity index (χ0) is 34.7. The standard InChI is InChI=1S/C50H43N/c1-49(2)45-30-34(29-42(35-17-9-5-10-18-35)36-19-11-6-12-20-36)25-27-40(45)43-32-48-44(33-47(43)49)41-28-26-39(31-46(41)50(48,3)4)51(37-21-13-7-14-22-37)38-23-15-8-16-24-38/h5-28,30-33,42H,29H2,1-4H3. The van der Waals surface area contributed by atoms with E-state index >= 15 is 0 Å². The second-order valence-corrected chi connectivity index (χ2v) is 15.4. The summed E-state index contributed by atoms with van der Waals surface area (Å²) >= 11 is 0. The highest BCUT2D eigenvalue weighted by Gasteiger charge is 2.42. The van der Waals surface area contributed by atoms with Gasteiger partial charge in [0.05, 0.1) is 0 Å². The Hall–Kier alpha value is -5.66. The van der Waals surface area contributed by atoms with Crippen LogP contribution in [0.1, 0.15) is 72.6 Å². The van der Waals surface area contributed by atoms with Crippen LogP contribution in [-0.4, -0.2) is 0 Å². The fraction of sp³-hybridized carbons (Fsp3) is 0.160. The van der Waals surface area contributed by atoms with Gasteiger partial charge in [0.1, 0.15) is 0 Å². The maximum atomic E-state index is 2.53. The molecule has 0 radical (unpaired) electrons. The topological polar surface area (TPSA) is 3.24 Å². The maximum Gasteiger partial charge on any atom is 0.0465 e. The van der Waals surface area contributed by atoms with Gasteiger partial charge < -0.3 is 4.90 Å². The summed E-state index contributed by atoms with van der Waals surface area (Å²) in [5.41, 5.74) is 18.5. The summed E-state index contributed by atoms with van der Waals surface area (Å²) < 4.78 is 0. The molecule has 2 aliphatic carbocycles. The molecule has 9 rings (SSSR count). The van der Waals surface area contributed by atoms with Gasteiger partial charge in [-0.2, -0.15) is 0 Å². The van der Waals surface area contributed by atoms with Crippen LogP contribution >= 0.6 is 0 Å². The smallest absolute Gasteiger partial charge is 0.0465 e. The Morgan fingerprint density at radius 2 is 0.804 bits per heavy atom. The minimum absolute atomic E-state index is 0.102. The minimum atomic E-state index is -0.139. The van der Waals surface area contributed by atoms with Crippen molar-refractivity contribution in [1.29, 1.82) is 0 Å². The predicted octanol–water partition coefficient (Wildman–Crippen LogP) is 13.1. The minimum Gasteiger partial charge on any atom is -0.310 e. The zero-order valence-corrected chi connectivity index (χ0v) is 29.9. The molecule has 0 fully saturated rings. The molecule has 0 aliphatic heterocycles. The SMILES string of the molecule is CC1(C)c2cc(CC(c3ccccc3)c3ccccc3)ccc2-c2cc3c(cc21)-c1ccc(N(c2ccccc2)c2ccccc2)cc1C3(C)C. The fourth-order valence-corrected chi connectivity index (χ4v) is 8.90. The van der Waals surface area contributed by atoms with Crippen molar-refractivity contribution in [2.24, 2.45) is 0 Å². The summed E-state index contributed by atoms with van der Waals surface area (Å²) in [4.78, 5) is 2.37. The molecular weight excluding hydrogens is 615 g/mol. The van der Waals surface area contributed by atoms with Crippen LogP contribution in [0.25, 0.3) is 22.3 Å². The van der Waals surface area contributed by atoms with Gasteiger partial charge >= 0.3 is 0 Å². The second kappa shape index (κ2) is 12.0. The van der Waals surface area contributed by atoms with E-state index in [1.807, 2.05) is 0 Å². The summed E-state index contributed by atoms with van der Waals surface area (Å²) in [6.45, 7) is 9.64. The average Bonchev–Trinajstić information content (AvgIpc) is 3.53. The molecule has 0 saturated carbocycles. The summed E-state index contributed by atoms with van der Waals surface area (Å²) in [5.74, 6) is 0.308. The van der Waals surface area contributed by atoms with Crippen LogP contribution in [0.15, 0.2) is 170 Å². The molecule has 7 aromatic rings. The largest absolute Gasteiger partial charge is 0.310 e. The van der Waals surface area contributed by atoms with Crippen molar-refractivity contribution in [1.82, 2.24) is 0 Å². The first-order chi connectivity index (χ1) is 24.8. The van der Waals surface area contributed by atoms with Crippen molar-refractivity contribution >= 4 is 17.1 Å². The van der Waals surface area contributed by atoms with Crippen LogP contribution in [0.2, 0.25) is 0 Å². The second-order valence-electron chi connectivity index (χ2n) is 15.4. The molecule has 0 heterocycles. The number of para-hydroxylation sites is 2. The number of hydrogen-bond acceptors (Lipinski definition) is 1. The molecule has 7 aromatic carbocycles. The lowest BCUT2D eigenvalue weighted by Crippen LogP contribution is -2.17. The van der Waals surface area contributed by atoms with Crippen LogP contribution < -0.4 is 4.90 Å². The molecular formula is C50H43N. The van der Waals surface area contributed by atoms with Crippen molar-refractivity contribution in [2.45, 2.75) is 50.9 Å². The number of anilines is 3. The van der Waals surface area contributed by atoms with Crippen molar-refractivity contribution in [3.8, 4) is 22.3 Å². The van der Waals surface area contributed by atoms with E-state index in [9.17, 15) is 0 Å². The average molecular weight is 658 g/mol. The number of hydrogen-bond donors (Lipinski definition) is 0. The molecule has 0 spiro atoms.